The molecule has 2 heterocycles. The molecule has 2 rings (SSSR count). The lowest BCUT2D eigenvalue weighted by Gasteiger charge is -2.03. The minimum Gasteiger partial charge on any atom is -0.260 e. The Morgan fingerprint density at radius 2 is 2.07 bits per heavy atom. The number of aryl methyl sites for hydroxylation is 1. The Hall–Kier alpha value is -1.13. The number of nitrogens with zero attached hydrogens (tertiary/aromatic N) is 3. The van der Waals surface area contributed by atoms with Crippen molar-refractivity contribution in [2.45, 2.75) is 16.8 Å². The van der Waals surface area contributed by atoms with Crippen LogP contribution in [0, 0.1) is 6.92 Å². The van der Waals surface area contributed by atoms with Crippen LogP contribution in [0.2, 0.25) is 5.15 Å². The van der Waals surface area contributed by atoms with Gasteiger partial charge in [-0.1, -0.05) is 23.4 Å². The van der Waals surface area contributed by atoms with Crippen molar-refractivity contribution < 1.29 is 0 Å². The fraction of sp³-hybridized carbons (Fsp3) is 0.100. The highest BCUT2D eigenvalue weighted by Gasteiger charge is 2.03. The van der Waals surface area contributed by atoms with Crippen LogP contribution >= 0.6 is 23.4 Å². The van der Waals surface area contributed by atoms with E-state index in [1.54, 1.807) is 24.8 Å². The number of hydrogen-bond donors (Lipinski definition) is 0. The van der Waals surface area contributed by atoms with Crippen LogP contribution in [-0.4, -0.2) is 15.0 Å². The van der Waals surface area contributed by atoms with Crippen molar-refractivity contribution in [3.63, 3.8) is 0 Å². The molecule has 0 aromatic carbocycles. The maximum Gasteiger partial charge on any atom is 0.130 e. The first-order valence-electron chi connectivity index (χ1n) is 4.32. The lowest BCUT2D eigenvalue weighted by molar-refractivity contribution is 1.05. The van der Waals surface area contributed by atoms with E-state index >= 15 is 0 Å². The third-order valence-corrected chi connectivity index (χ3v) is 3.06. The van der Waals surface area contributed by atoms with Crippen LogP contribution in [0.5, 0.6) is 0 Å². The SMILES string of the molecule is Cc1cnc(Cl)cc1Sc1cnccn1. The highest BCUT2D eigenvalue weighted by Crippen LogP contribution is 2.29. The summed E-state index contributed by atoms with van der Waals surface area (Å²) in [6, 6.07) is 1.83. The molecular weight excluding hydrogens is 230 g/mol. The highest BCUT2D eigenvalue weighted by molar-refractivity contribution is 7.99. The lowest BCUT2D eigenvalue weighted by Crippen LogP contribution is -1.85. The van der Waals surface area contributed by atoms with Gasteiger partial charge in [-0.25, -0.2) is 9.97 Å². The van der Waals surface area contributed by atoms with E-state index in [-0.39, 0.29) is 0 Å². The van der Waals surface area contributed by atoms with E-state index in [0.29, 0.717) is 5.15 Å². The molecule has 0 N–H and O–H groups in total. The molecule has 0 radical (unpaired) electrons. The van der Waals surface area contributed by atoms with Gasteiger partial charge < -0.3 is 0 Å². The van der Waals surface area contributed by atoms with Crippen LogP contribution < -0.4 is 0 Å². The summed E-state index contributed by atoms with van der Waals surface area (Å²) in [7, 11) is 0. The molecule has 0 saturated heterocycles. The molecular formula is C10H8ClN3S. The normalized spacial score (nSPS) is 10.3. The smallest absolute Gasteiger partial charge is 0.130 e. The van der Waals surface area contributed by atoms with Gasteiger partial charge in [0, 0.05) is 23.5 Å². The van der Waals surface area contributed by atoms with Gasteiger partial charge in [0.25, 0.3) is 0 Å². The van der Waals surface area contributed by atoms with Crippen LogP contribution in [0.3, 0.4) is 0 Å². The van der Waals surface area contributed by atoms with Gasteiger partial charge in [0.05, 0.1) is 6.20 Å². The Bertz CT molecular complexity index is 461. The van der Waals surface area contributed by atoms with Crippen molar-refractivity contribution in [3.05, 3.63) is 41.6 Å². The second-order valence-corrected chi connectivity index (χ2v) is 4.37. The lowest BCUT2D eigenvalue weighted by atomic mass is 10.3. The molecule has 0 saturated carbocycles. The summed E-state index contributed by atoms with van der Waals surface area (Å²) >= 11 is 7.35. The largest absolute Gasteiger partial charge is 0.260 e. The number of aromatic nitrogens is 3. The third kappa shape index (κ3) is 2.67. The number of pyridine rings is 1. The standard InChI is InChI=1S/C10H8ClN3S/c1-7-5-14-9(11)4-8(7)15-10-6-12-2-3-13-10/h2-6H,1H3. The number of halogens is 1. The third-order valence-electron chi connectivity index (χ3n) is 1.77. The van der Waals surface area contributed by atoms with Crippen LogP contribution in [0.15, 0.2) is 40.8 Å². The van der Waals surface area contributed by atoms with Gasteiger partial charge in [-0.05, 0) is 18.6 Å². The zero-order valence-corrected chi connectivity index (χ0v) is 9.59. The molecule has 0 aliphatic rings. The summed E-state index contributed by atoms with van der Waals surface area (Å²) in [6.07, 6.45) is 6.79. The minimum absolute atomic E-state index is 0.493. The molecule has 0 unspecified atom stereocenters. The molecule has 2 aromatic heterocycles. The minimum atomic E-state index is 0.493. The van der Waals surface area contributed by atoms with E-state index in [1.807, 2.05) is 13.0 Å². The van der Waals surface area contributed by atoms with Gasteiger partial charge in [-0.3, -0.25) is 4.98 Å². The van der Waals surface area contributed by atoms with Gasteiger partial charge >= 0.3 is 0 Å². The van der Waals surface area contributed by atoms with E-state index in [0.717, 1.165) is 15.5 Å². The van der Waals surface area contributed by atoms with Crippen LogP contribution in [0.1, 0.15) is 5.56 Å². The molecule has 0 amide bonds. The first kappa shape index (κ1) is 10.4. The molecule has 76 valence electrons. The molecule has 0 aliphatic heterocycles. The van der Waals surface area contributed by atoms with Crippen molar-refractivity contribution in [2.24, 2.45) is 0 Å². The summed E-state index contributed by atoms with van der Waals surface area (Å²) < 4.78 is 0. The van der Waals surface area contributed by atoms with Crippen LogP contribution in [0.25, 0.3) is 0 Å². The maximum atomic E-state index is 5.82. The topological polar surface area (TPSA) is 38.7 Å². The molecule has 0 fully saturated rings. The van der Waals surface area contributed by atoms with E-state index in [9.17, 15) is 0 Å². The van der Waals surface area contributed by atoms with Gasteiger partial charge in [-0.15, -0.1) is 0 Å². The van der Waals surface area contributed by atoms with Crippen LogP contribution in [0.4, 0.5) is 0 Å². The van der Waals surface area contributed by atoms with E-state index < -0.39 is 0 Å². The molecule has 0 atom stereocenters. The van der Waals surface area contributed by atoms with Crippen LogP contribution in [-0.2, 0) is 0 Å². The fourth-order valence-electron chi connectivity index (χ4n) is 1.04. The van der Waals surface area contributed by atoms with Crippen molar-refractivity contribution in [2.75, 3.05) is 0 Å². The van der Waals surface area contributed by atoms with E-state index in [1.165, 1.54) is 11.8 Å². The Kier molecular flexibility index (Phi) is 3.18. The molecule has 5 heteroatoms. The quantitative estimate of drug-likeness (QED) is 0.753. The number of rotatable bonds is 2. The zero-order valence-electron chi connectivity index (χ0n) is 8.01. The molecule has 2 aromatic rings. The second-order valence-electron chi connectivity index (χ2n) is 2.92. The summed E-state index contributed by atoms with van der Waals surface area (Å²) in [5.41, 5.74) is 1.08. The molecule has 0 aliphatic carbocycles. The molecule has 3 nitrogen and oxygen atoms in total. The molecule has 0 bridgehead atoms. The van der Waals surface area contributed by atoms with E-state index in [4.69, 9.17) is 11.6 Å². The summed E-state index contributed by atoms with van der Waals surface area (Å²) in [5.74, 6) is 0. The number of hydrogen-bond acceptors (Lipinski definition) is 4. The Labute approximate surface area is 96.9 Å². The zero-order chi connectivity index (χ0) is 10.7. The second kappa shape index (κ2) is 4.59. The first-order valence-corrected chi connectivity index (χ1v) is 5.51. The van der Waals surface area contributed by atoms with Crippen molar-refractivity contribution in [3.8, 4) is 0 Å². The molecule has 0 spiro atoms. The predicted octanol–water partition coefficient (Wildman–Crippen LogP) is 2.98. The average molecular weight is 238 g/mol. The summed E-state index contributed by atoms with van der Waals surface area (Å²) in [4.78, 5) is 13.2. The van der Waals surface area contributed by atoms with E-state index in [2.05, 4.69) is 15.0 Å². The van der Waals surface area contributed by atoms with Crippen molar-refractivity contribution >= 4 is 23.4 Å². The van der Waals surface area contributed by atoms with Gasteiger partial charge in [0.2, 0.25) is 0 Å². The Morgan fingerprint density at radius 1 is 1.20 bits per heavy atom. The first-order chi connectivity index (χ1) is 7.25. The average Bonchev–Trinajstić information content (AvgIpc) is 2.25. The highest BCUT2D eigenvalue weighted by atomic mass is 35.5. The van der Waals surface area contributed by atoms with Gasteiger partial charge in [0.1, 0.15) is 10.2 Å². The summed E-state index contributed by atoms with van der Waals surface area (Å²) in [6.45, 7) is 1.99. The maximum absolute atomic E-state index is 5.82. The van der Waals surface area contributed by atoms with Crippen molar-refractivity contribution in [1.82, 2.24) is 15.0 Å². The Morgan fingerprint density at radius 3 is 2.80 bits per heavy atom. The molecule has 15 heavy (non-hydrogen) atoms. The Balaban J connectivity index is 2.28. The van der Waals surface area contributed by atoms with Gasteiger partial charge in [-0.2, -0.15) is 0 Å². The summed E-state index contributed by atoms with van der Waals surface area (Å²) in [5, 5.41) is 1.34. The van der Waals surface area contributed by atoms with Crippen molar-refractivity contribution in [1.29, 1.82) is 0 Å². The predicted molar refractivity (Wildman–Crippen MR) is 60.1 cm³/mol. The monoisotopic (exact) mass is 237 g/mol. The van der Waals surface area contributed by atoms with Gasteiger partial charge in [0.15, 0.2) is 0 Å². The fourth-order valence-corrected chi connectivity index (χ4v) is 2.10.